The van der Waals surface area contributed by atoms with E-state index < -0.39 is 0 Å². The minimum absolute atomic E-state index is 0.220. The molecule has 19 heavy (non-hydrogen) atoms. The van der Waals surface area contributed by atoms with Gasteiger partial charge in [0, 0.05) is 17.6 Å². The summed E-state index contributed by atoms with van der Waals surface area (Å²) in [7, 11) is 1.37. The van der Waals surface area contributed by atoms with E-state index in [4.69, 9.17) is 4.74 Å². The zero-order valence-electron chi connectivity index (χ0n) is 10.9. The van der Waals surface area contributed by atoms with Crippen molar-refractivity contribution in [3.05, 3.63) is 33.8 Å². The van der Waals surface area contributed by atoms with Gasteiger partial charge >= 0.3 is 5.97 Å². The van der Waals surface area contributed by atoms with E-state index in [1.54, 1.807) is 12.1 Å². The van der Waals surface area contributed by atoms with Gasteiger partial charge in [-0.3, -0.25) is 4.90 Å². The van der Waals surface area contributed by atoms with Crippen LogP contribution in [0.4, 0.5) is 0 Å². The maximum Gasteiger partial charge on any atom is 0.337 e. The average molecular weight is 328 g/mol. The Morgan fingerprint density at radius 3 is 3.00 bits per heavy atom. The number of hydrogen-bond donors (Lipinski definition) is 1. The van der Waals surface area contributed by atoms with Crippen molar-refractivity contribution < 1.29 is 14.6 Å². The monoisotopic (exact) mass is 327 g/mol. The standard InChI is InChI=1S/C14H18BrNO3/c1-19-14(18)10-4-5-11(13(15)7-10)8-16-6-2-3-12(17)9-16/h4-5,7,12,17H,2-3,6,8-9H2,1H3. The van der Waals surface area contributed by atoms with E-state index in [0.717, 1.165) is 36.0 Å². The maximum absolute atomic E-state index is 11.4. The Morgan fingerprint density at radius 1 is 1.58 bits per heavy atom. The van der Waals surface area contributed by atoms with Gasteiger partial charge in [-0.25, -0.2) is 4.79 Å². The Morgan fingerprint density at radius 2 is 2.37 bits per heavy atom. The number of halogens is 1. The minimum atomic E-state index is -0.333. The Balaban J connectivity index is 2.06. The summed E-state index contributed by atoms with van der Waals surface area (Å²) >= 11 is 3.49. The lowest BCUT2D eigenvalue weighted by Gasteiger charge is -2.30. The average Bonchev–Trinajstić information content (AvgIpc) is 2.40. The van der Waals surface area contributed by atoms with Crippen LogP contribution in [0.15, 0.2) is 22.7 Å². The van der Waals surface area contributed by atoms with Gasteiger partial charge in [0.05, 0.1) is 18.8 Å². The molecule has 0 aliphatic carbocycles. The first kappa shape index (κ1) is 14.5. The van der Waals surface area contributed by atoms with Crippen molar-refractivity contribution in [3.63, 3.8) is 0 Å². The number of carbonyl (C=O) groups is 1. The van der Waals surface area contributed by atoms with Crippen LogP contribution >= 0.6 is 15.9 Å². The van der Waals surface area contributed by atoms with Crippen molar-refractivity contribution in [3.8, 4) is 0 Å². The number of aliphatic hydroxyl groups excluding tert-OH is 1. The molecule has 1 aliphatic heterocycles. The molecular formula is C14H18BrNO3. The predicted molar refractivity (Wildman–Crippen MR) is 76.0 cm³/mol. The van der Waals surface area contributed by atoms with Crippen molar-refractivity contribution in [2.45, 2.75) is 25.5 Å². The molecule has 0 saturated carbocycles. The molecule has 2 rings (SSSR count). The summed E-state index contributed by atoms with van der Waals surface area (Å²) in [6.45, 7) is 2.49. The Kier molecular flexibility index (Phi) is 4.96. The van der Waals surface area contributed by atoms with E-state index in [9.17, 15) is 9.90 Å². The molecular weight excluding hydrogens is 310 g/mol. The molecule has 1 fully saturated rings. The molecule has 1 aliphatic rings. The van der Waals surface area contributed by atoms with E-state index in [1.165, 1.54) is 7.11 Å². The van der Waals surface area contributed by atoms with Gasteiger partial charge in [-0.05, 0) is 37.1 Å². The first-order chi connectivity index (χ1) is 9.10. The lowest BCUT2D eigenvalue weighted by molar-refractivity contribution is 0.0600. The highest BCUT2D eigenvalue weighted by molar-refractivity contribution is 9.10. The van der Waals surface area contributed by atoms with Crippen LogP contribution < -0.4 is 0 Å². The summed E-state index contributed by atoms with van der Waals surface area (Å²) in [5, 5.41) is 9.66. The van der Waals surface area contributed by atoms with Gasteiger partial charge in [-0.1, -0.05) is 22.0 Å². The first-order valence-electron chi connectivity index (χ1n) is 6.37. The molecule has 4 nitrogen and oxygen atoms in total. The summed E-state index contributed by atoms with van der Waals surface area (Å²) < 4.78 is 5.59. The van der Waals surface area contributed by atoms with Crippen molar-refractivity contribution in [2.24, 2.45) is 0 Å². The van der Waals surface area contributed by atoms with Gasteiger partial charge in [-0.15, -0.1) is 0 Å². The number of esters is 1. The second-order valence-electron chi connectivity index (χ2n) is 4.83. The van der Waals surface area contributed by atoms with Crippen LogP contribution in [0.2, 0.25) is 0 Å². The largest absolute Gasteiger partial charge is 0.465 e. The van der Waals surface area contributed by atoms with Crippen LogP contribution in [0.1, 0.15) is 28.8 Å². The second-order valence-corrected chi connectivity index (χ2v) is 5.68. The summed E-state index contributed by atoms with van der Waals surface area (Å²) in [4.78, 5) is 13.7. The molecule has 1 atom stereocenters. The van der Waals surface area contributed by atoms with Gasteiger partial charge < -0.3 is 9.84 Å². The van der Waals surface area contributed by atoms with Crippen LogP contribution in [-0.4, -0.2) is 42.3 Å². The Labute approximate surface area is 121 Å². The molecule has 1 heterocycles. The summed E-state index contributed by atoms with van der Waals surface area (Å²) in [5.74, 6) is -0.333. The number of β-amino-alcohol motifs (C(OH)–C–C–N with tert-alkyl or cyclic N) is 1. The minimum Gasteiger partial charge on any atom is -0.465 e. The van der Waals surface area contributed by atoms with E-state index in [-0.39, 0.29) is 12.1 Å². The van der Waals surface area contributed by atoms with Crippen molar-refractivity contribution in [1.29, 1.82) is 0 Å². The fourth-order valence-electron chi connectivity index (χ4n) is 2.34. The van der Waals surface area contributed by atoms with Crippen molar-refractivity contribution >= 4 is 21.9 Å². The predicted octanol–water partition coefficient (Wildman–Crippen LogP) is 2.19. The van der Waals surface area contributed by atoms with Gasteiger partial charge in [0.1, 0.15) is 0 Å². The Hall–Kier alpha value is -0.910. The fraction of sp³-hybridized carbons (Fsp3) is 0.500. The number of piperidine rings is 1. The highest BCUT2D eigenvalue weighted by Crippen LogP contribution is 2.22. The Bertz CT molecular complexity index is 464. The number of benzene rings is 1. The molecule has 1 unspecified atom stereocenters. The smallest absolute Gasteiger partial charge is 0.337 e. The van der Waals surface area contributed by atoms with Gasteiger partial charge in [0.25, 0.3) is 0 Å². The fourth-order valence-corrected chi connectivity index (χ4v) is 2.84. The number of carbonyl (C=O) groups excluding carboxylic acids is 1. The summed E-state index contributed by atoms with van der Waals surface area (Å²) in [6, 6.07) is 5.48. The molecule has 104 valence electrons. The molecule has 1 saturated heterocycles. The zero-order valence-corrected chi connectivity index (χ0v) is 12.5. The third kappa shape index (κ3) is 3.78. The normalized spacial score (nSPS) is 20.3. The topological polar surface area (TPSA) is 49.8 Å². The second kappa shape index (κ2) is 6.50. The number of hydrogen-bond acceptors (Lipinski definition) is 4. The molecule has 0 aromatic heterocycles. The lowest BCUT2D eigenvalue weighted by atomic mass is 10.1. The number of ether oxygens (including phenoxy) is 1. The summed E-state index contributed by atoms with van der Waals surface area (Å²) in [6.07, 6.45) is 1.69. The number of aliphatic hydroxyl groups is 1. The van der Waals surface area contributed by atoms with Gasteiger partial charge in [0.2, 0.25) is 0 Å². The van der Waals surface area contributed by atoms with Gasteiger partial charge in [-0.2, -0.15) is 0 Å². The lowest BCUT2D eigenvalue weighted by Crippen LogP contribution is -2.37. The zero-order chi connectivity index (χ0) is 13.8. The highest BCUT2D eigenvalue weighted by atomic mass is 79.9. The van der Waals surface area contributed by atoms with Crippen LogP contribution in [0.5, 0.6) is 0 Å². The molecule has 0 spiro atoms. The van der Waals surface area contributed by atoms with Gasteiger partial charge in [0.15, 0.2) is 0 Å². The number of nitrogens with zero attached hydrogens (tertiary/aromatic N) is 1. The van der Waals surface area contributed by atoms with E-state index in [2.05, 4.69) is 20.8 Å². The number of likely N-dealkylation sites (tertiary alicyclic amines) is 1. The first-order valence-corrected chi connectivity index (χ1v) is 7.16. The number of methoxy groups -OCH3 is 1. The molecule has 0 bridgehead atoms. The van der Waals surface area contributed by atoms with E-state index in [0.29, 0.717) is 12.1 Å². The van der Waals surface area contributed by atoms with E-state index >= 15 is 0 Å². The molecule has 1 aromatic rings. The van der Waals surface area contributed by atoms with Crippen LogP contribution in [0.25, 0.3) is 0 Å². The molecule has 0 radical (unpaired) electrons. The van der Waals surface area contributed by atoms with Crippen LogP contribution in [0.3, 0.4) is 0 Å². The quantitative estimate of drug-likeness (QED) is 0.864. The summed E-state index contributed by atoms with van der Waals surface area (Å²) in [5.41, 5.74) is 1.65. The third-order valence-electron chi connectivity index (χ3n) is 3.35. The van der Waals surface area contributed by atoms with E-state index in [1.807, 2.05) is 6.07 Å². The maximum atomic E-state index is 11.4. The molecule has 1 N–H and O–H groups in total. The van der Waals surface area contributed by atoms with Crippen LogP contribution in [-0.2, 0) is 11.3 Å². The molecule has 5 heteroatoms. The highest BCUT2D eigenvalue weighted by Gasteiger charge is 2.18. The third-order valence-corrected chi connectivity index (χ3v) is 4.09. The van der Waals surface area contributed by atoms with Crippen molar-refractivity contribution in [2.75, 3.05) is 20.2 Å². The number of rotatable bonds is 3. The molecule has 1 aromatic carbocycles. The molecule has 0 amide bonds. The SMILES string of the molecule is COC(=O)c1ccc(CN2CCCC(O)C2)c(Br)c1. The van der Waals surface area contributed by atoms with Crippen molar-refractivity contribution in [1.82, 2.24) is 4.90 Å². The van der Waals surface area contributed by atoms with Crippen LogP contribution in [0, 0.1) is 0 Å².